The van der Waals surface area contributed by atoms with Crippen molar-refractivity contribution < 1.29 is 44.9 Å². The summed E-state index contributed by atoms with van der Waals surface area (Å²) in [5.41, 5.74) is 0.586. The fourth-order valence-corrected chi connectivity index (χ4v) is 3.10. The van der Waals surface area contributed by atoms with E-state index in [4.69, 9.17) is 9.47 Å². The van der Waals surface area contributed by atoms with Crippen molar-refractivity contribution in [1.82, 2.24) is 0 Å². The highest BCUT2D eigenvalue weighted by molar-refractivity contribution is 5.96. The molecule has 1 saturated heterocycles. The van der Waals surface area contributed by atoms with Gasteiger partial charge in [-0.15, -0.1) is 0 Å². The van der Waals surface area contributed by atoms with E-state index in [9.17, 15) is 35.4 Å². The number of aromatic carboxylic acids is 1. The molecule has 1 fully saturated rings. The van der Waals surface area contributed by atoms with Crippen LogP contribution in [0.2, 0.25) is 0 Å². The number of rotatable bonds is 6. The maximum atomic E-state index is 11.6. The molecule has 0 radical (unpaired) electrons. The minimum absolute atomic E-state index is 0.0467. The van der Waals surface area contributed by atoms with Crippen molar-refractivity contribution in [3.63, 3.8) is 0 Å². The molecule has 0 bridgehead atoms. The number of aliphatic hydroxyl groups is 4. The highest BCUT2D eigenvalue weighted by Crippen LogP contribution is 2.32. The van der Waals surface area contributed by atoms with Crippen LogP contribution in [-0.4, -0.2) is 73.9 Å². The highest BCUT2D eigenvalue weighted by atomic mass is 16.7. The van der Waals surface area contributed by atoms with Crippen LogP contribution in [0.1, 0.15) is 21.5 Å². The lowest BCUT2D eigenvalue weighted by Gasteiger charge is -2.39. The number of phenols is 1. The molecule has 1 aliphatic heterocycles. The molecule has 9 heteroatoms. The zero-order valence-electron chi connectivity index (χ0n) is 15.7. The first-order valence-electron chi connectivity index (χ1n) is 9.12. The number of hydrogen-bond acceptors (Lipinski definition) is 8. The Labute approximate surface area is 171 Å². The third-order valence-electron chi connectivity index (χ3n) is 4.69. The van der Waals surface area contributed by atoms with Crippen molar-refractivity contribution in [3.05, 3.63) is 59.2 Å². The van der Waals surface area contributed by atoms with Crippen LogP contribution < -0.4 is 4.74 Å². The summed E-state index contributed by atoms with van der Waals surface area (Å²) < 4.78 is 10.8. The second-order valence-corrected chi connectivity index (χ2v) is 6.77. The van der Waals surface area contributed by atoms with E-state index in [-0.39, 0.29) is 16.9 Å². The van der Waals surface area contributed by atoms with Crippen molar-refractivity contribution in [2.45, 2.75) is 30.7 Å². The van der Waals surface area contributed by atoms with Crippen LogP contribution >= 0.6 is 0 Å². The summed E-state index contributed by atoms with van der Waals surface area (Å²) >= 11 is 0. The first-order chi connectivity index (χ1) is 14.3. The van der Waals surface area contributed by atoms with Gasteiger partial charge in [-0.25, -0.2) is 4.79 Å². The largest absolute Gasteiger partial charge is 0.507 e. The van der Waals surface area contributed by atoms with E-state index in [0.717, 1.165) is 11.6 Å². The highest BCUT2D eigenvalue weighted by Gasteiger charge is 2.44. The third kappa shape index (κ3) is 4.61. The van der Waals surface area contributed by atoms with E-state index in [1.54, 1.807) is 6.08 Å². The van der Waals surface area contributed by atoms with Crippen LogP contribution in [0.5, 0.6) is 11.5 Å². The second-order valence-electron chi connectivity index (χ2n) is 6.77. The zero-order chi connectivity index (χ0) is 21.8. The molecule has 9 nitrogen and oxygen atoms in total. The molecule has 0 spiro atoms. The molecular formula is C21H22O9. The summed E-state index contributed by atoms with van der Waals surface area (Å²) in [5, 5.41) is 58.7. The van der Waals surface area contributed by atoms with Crippen LogP contribution in [0, 0.1) is 0 Å². The van der Waals surface area contributed by atoms with Gasteiger partial charge in [0.1, 0.15) is 41.5 Å². The van der Waals surface area contributed by atoms with E-state index < -0.39 is 49.0 Å². The van der Waals surface area contributed by atoms with Gasteiger partial charge < -0.3 is 40.1 Å². The SMILES string of the molecule is O=C(O)c1c(O)cc(OC2OC(CO)C(O)C(O)C2O)cc1C=Cc1ccccc1. The van der Waals surface area contributed by atoms with Gasteiger partial charge in [-0.1, -0.05) is 42.5 Å². The topological polar surface area (TPSA) is 157 Å². The van der Waals surface area contributed by atoms with Crippen LogP contribution in [0.25, 0.3) is 12.2 Å². The smallest absolute Gasteiger partial charge is 0.340 e. The maximum Gasteiger partial charge on any atom is 0.340 e. The summed E-state index contributed by atoms with van der Waals surface area (Å²) in [6.07, 6.45) is -4.33. The molecule has 2 aromatic carbocycles. The van der Waals surface area contributed by atoms with E-state index >= 15 is 0 Å². The van der Waals surface area contributed by atoms with Crippen LogP contribution in [-0.2, 0) is 4.74 Å². The van der Waals surface area contributed by atoms with Gasteiger partial charge in [-0.05, 0) is 17.2 Å². The van der Waals surface area contributed by atoms with Crippen molar-refractivity contribution in [2.75, 3.05) is 6.61 Å². The standard InChI is InChI=1S/C21H22O9/c22-10-15-17(24)18(25)19(26)21(30-15)29-13-8-12(16(20(27)28)14(23)9-13)7-6-11-4-2-1-3-5-11/h1-9,15,17-19,21-26H,10H2,(H,27,28). The van der Waals surface area contributed by atoms with Crippen molar-refractivity contribution in [1.29, 1.82) is 0 Å². The Morgan fingerprint density at radius 3 is 2.37 bits per heavy atom. The predicted molar refractivity (Wildman–Crippen MR) is 105 cm³/mol. The first kappa shape index (κ1) is 21.8. The Hall–Kier alpha value is -2.95. The Morgan fingerprint density at radius 1 is 1.03 bits per heavy atom. The minimum atomic E-state index is -1.65. The lowest BCUT2D eigenvalue weighted by atomic mass is 9.99. The average Bonchev–Trinajstić information content (AvgIpc) is 2.72. The van der Waals surface area contributed by atoms with E-state index in [1.165, 1.54) is 12.1 Å². The van der Waals surface area contributed by atoms with Crippen molar-refractivity contribution in [3.8, 4) is 11.5 Å². The Kier molecular flexibility index (Phi) is 6.70. The molecule has 5 unspecified atom stereocenters. The van der Waals surface area contributed by atoms with Crippen molar-refractivity contribution in [2.24, 2.45) is 0 Å². The van der Waals surface area contributed by atoms with E-state index in [1.807, 2.05) is 30.3 Å². The summed E-state index contributed by atoms with van der Waals surface area (Å²) in [4.78, 5) is 11.6. The quantitative estimate of drug-likeness (QED) is 0.366. The lowest BCUT2D eigenvalue weighted by molar-refractivity contribution is -0.277. The summed E-state index contributed by atoms with van der Waals surface area (Å²) in [6, 6.07) is 11.4. The maximum absolute atomic E-state index is 11.6. The number of carbonyl (C=O) groups is 1. The number of aliphatic hydroxyl groups excluding tert-OH is 4. The number of carboxylic acids is 1. The van der Waals surface area contributed by atoms with Gasteiger partial charge >= 0.3 is 5.97 Å². The molecule has 0 aliphatic carbocycles. The molecule has 6 N–H and O–H groups in total. The number of benzene rings is 2. The second kappa shape index (κ2) is 9.24. The Balaban J connectivity index is 1.91. The molecular weight excluding hydrogens is 396 g/mol. The summed E-state index contributed by atoms with van der Waals surface area (Å²) in [7, 11) is 0. The normalized spacial score (nSPS) is 26.6. The predicted octanol–water partition coefficient (Wildman–Crippen LogP) is 0.439. The van der Waals surface area contributed by atoms with Gasteiger partial charge in [-0.3, -0.25) is 0 Å². The van der Waals surface area contributed by atoms with Crippen LogP contribution in [0.15, 0.2) is 42.5 Å². The molecule has 0 aromatic heterocycles. The monoisotopic (exact) mass is 418 g/mol. The summed E-state index contributed by atoms with van der Waals surface area (Å²) in [6.45, 7) is -0.626. The van der Waals surface area contributed by atoms with Gasteiger partial charge in [0, 0.05) is 6.07 Å². The molecule has 1 heterocycles. The molecule has 0 saturated carbocycles. The van der Waals surface area contributed by atoms with Crippen LogP contribution in [0.3, 0.4) is 0 Å². The minimum Gasteiger partial charge on any atom is -0.507 e. The molecule has 160 valence electrons. The fraction of sp³-hybridized carbons (Fsp3) is 0.286. The molecule has 30 heavy (non-hydrogen) atoms. The number of aromatic hydroxyl groups is 1. The van der Waals surface area contributed by atoms with Gasteiger partial charge in [0.05, 0.1) is 6.61 Å². The molecule has 0 amide bonds. The Bertz CT molecular complexity index is 910. The number of carboxylic acid groups (broad SMARTS) is 1. The van der Waals surface area contributed by atoms with Gasteiger partial charge in [0.15, 0.2) is 0 Å². The average molecular weight is 418 g/mol. The first-order valence-corrected chi connectivity index (χ1v) is 9.12. The molecule has 1 aliphatic rings. The lowest BCUT2D eigenvalue weighted by Crippen LogP contribution is -2.60. The molecule has 5 atom stereocenters. The van der Waals surface area contributed by atoms with E-state index in [0.29, 0.717) is 0 Å². The molecule has 3 rings (SSSR count). The van der Waals surface area contributed by atoms with E-state index in [2.05, 4.69) is 0 Å². The van der Waals surface area contributed by atoms with Gasteiger partial charge in [0.25, 0.3) is 0 Å². The number of hydrogen-bond donors (Lipinski definition) is 6. The molecule has 2 aromatic rings. The zero-order valence-corrected chi connectivity index (χ0v) is 15.7. The number of ether oxygens (including phenoxy) is 2. The van der Waals surface area contributed by atoms with Crippen LogP contribution in [0.4, 0.5) is 0 Å². The van der Waals surface area contributed by atoms with Gasteiger partial charge in [-0.2, -0.15) is 0 Å². The summed E-state index contributed by atoms with van der Waals surface area (Å²) in [5.74, 6) is -1.97. The van der Waals surface area contributed by atoms with Gasteiger partial charge in [0.2, 0.25) is 6.29 Å². The third-order valence-corrected chi connectivity index (χ3v) is 4.69. The Morgan fingerprint density at radius 2 is 1.73 bits per heavy atom. The fourth-order valence-electron chi connectivity index (χ4n) is 3.10. The van der Waals surface area contributed by atoms with Crippen molar-refractivity contribution >= 4 is 18.1 Å².